The number of fused-ring (bicyclic) bond motifs is 1. The zero-order chi connectivity index (χ0) is 18.8. The summed E-state index contributed by atoms with van der Waals surface area (Å²) in [5, 5.41) is 4.29. The summed E-state index contributed by atoms with van der Waals surface area (Å²) in [6.07, 6.45) is 1.61. The average Bonchev–Trinajstić information content (AvgIpc) is 3.12. The van der Waals surface area contributed by atoms with E-state index in [1.54, 1.807) is 39.9 Å². The first-order valence-corrected chi connectivity index (χ1v) is 8.93. The Morgan fingerprint density at radius 2 is 1.93 bits per heavy atom. The van der Waals surface area contributed by atoms with E-state index in [2.05, 4.69) is 10.1 Å². The highest BCUT2D eigenvalue weighted by atomic mass is 19.1. The van der Waals surface area contributed by atoms with E-state index in [0.29, 0.717) is 55.7 Å². The third-order valence-corrected chi connectivity index (χ3v) is 4.57. The molecule has 0 N–H and O–H groups in total. The molecule has 1 aliphatic heterocycles. The summed E-state index contributed by atoms with van der Waals surface area (Å²) in [6, 6.07) is 10.2. The molecule has 0 saturated carbocycles. The maximum absolute atomic E-state index is 13.9. The molecule has 140 valence electrons. The first kappa shape index (κ1) is 17.3. The first-order valence-electron chi connectivity index (χ1n) is 8.93. The van der Waals surface area contributed by atoms with Crippen LogP contribution in [0.2, 0.25) is 0 Å². The van der Waals surface area contributed by atoms with Crippen LogP contribution in [0.25, 0.3) is 5.65 Å². The second kappa shape index (κ2) is 7.22. The molecule has 1 saturated heterocycles. The van der Waals surface area contributed by atoms with Crippen LogP contribution in [0.1, 0.15) is 17.4 Å². The number of anilines is 1. The molecule has 0 radical (unpaired) electrons. The van der Waals surface area contributed by atoms with Crippen LogP contribution in [0.4, 0.5) is 10.1 Å². The van der Waals surface area contributed by atoms with Crippen molar-refractivity contribution in [2.75, 3.05) is 37.7 Å². The molecule has 0 spiro atoms. The molecule has 1 fully saturated rings. The monoisotopic (exact) mass is 369 g/mol. The molecule has 27 heavy (non-hydrogen) atoms. The Hall–Kier alpha value is -3.16. The third kappa shape index (κ3) is 3.42. The van der Waals surface area contributed by atoms with E-state index in [1.807, 2.05) is 17.9 Å². The van der Waals surface area contributed by atoms with E-state index in [0.717, 1.165) is 0 Å². The standard InChI is InChI=1S/C19H20FN5O2/c1-2-27-18-8-7-17-21-15(13-25(17)22-18)19(26)24-11-9-23(10-12-24)16-6-4-3-5-14(16)20/h3-8,13H,2,9-12H2,1H3. The van der Waals surface area contributed by atoms with Crippen molar-refractivity contribution in [2.45, 2.75) is 6.92 Å². The summed E-state index contributed by atoms with van der Waals surface area (Å²) in [4.78, 5) is 20.8. The van der Waals surface area contributed by atoms with Crippen molar-refractivity contribution in [3.05, 3.63) is 54.1 Å². The second-order valence-corrected chi connectivity index (χ2v) is 6.26. The normalized spacial score (nSPS) is 14.6. The first-order chi connectivity index (χ1) is 13.2. The molecule has 0 unspecified atom stereocenters. The summed E-state index contributed by atoms with van der Waals surface area (Å²) in [7, 11) is 0. The fourth-order valence-electron chi connectivity index (χ4n) is 3.21. The lowest BCUT2D eigenvalue weighted by molar-refractivity contribution is 0.0741. The molecular weight excluding hydrogens is 349 g/mol. The molecule has 0 aliphatic carbocycles. The van der Waals surface area contributed by atoms with Crippen LogP contribution in [-0.4, -0.2) is 58.2 Å². The summed E-state index contributed by atoms with van der Waals surface area (Å²) in [5.41, 5.74) is 1.51. The Bertz CT molecular complexity index is 966. The number of nitrogens with zero attached hydrogens (tertiary/aromatic N) is 5. The molecule has 4 rings (SSSR count). The topological polar surface area (TPSA) is 63.0 Å². The summed E-state index contributed by atoms with van der Waals surface area (Å²) in [6.45, 7) is 4.58. The largest absolute Gasteiger partial charge is 0.477 e. The summed E-state index contributed by atoms with van der Waals surface area (Å²) < 4.78 is 20.9. The number of imidazole rings is 1. The van der Waals surface area contributed by atoms with Gasteiger partial charge in [0.1, 0.15) is 11.5 Å². The lowest BCUT2D eigenvalue weighted by Gasteiger charge is -2.35. The Morgan fingerprint density at radius 3 is 2.67 bits per heavy atom. The van der Waals surface area contributed by atoms with Gasteiger partial charge in [-0.1, -0.05) is 12.1 Å². The Morgan fingerprint density at radius 1 is 1.15 bits per heavy atom. The smallest absolute Gasteiger partial charge is 0.274 e. The second-order valence-electron chi connectivity index (χ2n) is 6.26. The van der Waals surface area contributed by atoms with Crippen LogP contribution < -0.4 is 9.64 Å². The molecular formula is C19H20FN5O2. The van der Waals surface area contributed by atoms with Gasteiger partial charge in [-0.25, -0.2) is 13.9 Å². The zero-order valence-electron chi connectivity index (χ0n) is 15.0. The van der Waals surface area contributed by atoms with Gasteiger partial charge in [0.2, 0.25) is 5.88 Å². The van der Waals surface area contributed by atoms with Gasteiger partial charge in [0, 0.05) is 32.2 Å². The number of carbonyl (C=O) groups excluding carboxylic acids is 1. The number of ether oxygens (including phenoxy) is 1. The molecule has 0 atom stereocenters. The number of halogens is 1. The van der Waals surface area contributed by atoms with Gasteiger partial charge in [0.05, 0.1) is 18.5 Å². The number of hydrogen-bond donors (Lipinski definition) is 0. The SMILES string of the molecule is CCOc1ccc2nc(C(=O)N3CCN(c4ccccc4F)CC3)cn2n1. The number of amides is 1. The predicted molar refractivity (Wildman–Crippen MR) is 98.7 cm³/mol. The third-order valence-electron chi connectivity index (χ3n) is 4.57. The van der Waals surface area contributed by atoms with E-state index < -0.39 is 0 Å². The highest BCUT2D eigenvalue weighted by Crippen LogP contribution is 2.21. The van der Waals surface area contributed by atoms with Crippen molar-refractivity contribution >= 4 is 17.2 Å². The van der Waals surface area contributed by atoms with Crippen LogP contribution in [0.5, 0.6) is 5.88 Å². The van der Waals surface area contributed by atoms with Crippen molar-refractivity contribution in [1.29, 1.82) is 0 Å². The van der Waals surface area contributed by atoms with Gasteiger partial charge in [-0.05, 0) is 25.1 Å². The molecule has 3 aromatic rings. The Labute approximate surface area is 156 Å². The molecule has 0 bridgehead atoms. The summed E-state index contributed by atoms with van der Waals surface area (Å²) >= 11 is 0. The molecule has 1 aromatic carbocycles. The van der Waals surface area contributed by atoms with Crippen molar-refractivity contribution in [3.8, 4) is 5.88 Å². The Kier molecular flexibility index (Phi) is 4.62. The number of aromatic nitrogens is 3. The quantitative estimate of drug-likeness (QED) is 0.706. The highest BCUT2D eigenvalue weighted by Gasteiger charge is 2.25. The van der Waals surface area contributed by atoms with Gasteiger partial charge in [-0.2, -0.15) is 0 Å². The fourth-order valence-corrected chi connectivity index (χ4v) is 3.21. The Balaban J connectivity index is 1.46. The maximum Gasteiger partial charge on any atom is 0.274 e. The van der Waals surface area contributed by atoms with E-state index >= 15 is 0 Å². The number of carbonyl (C=O) groups is 1. The maximum atomic E-state index is 13.9. The van der Waals surface area contributed by atoms with E-state index in [1.165, 1.54) is 6.07 Å². The lowest BCUT2D eigenvalue weighted by atomic mass is 10.2. The van der Waals surface area contributed by atoms with Gasteiger partial charge in [-0.3, -0.25) is 4.79 Å². The number of piperazine rings is 1. The molecule has 1 aliphatic rings. The van der Waals surface area contributed by atoms with E-state index in [4.69, 9.17) is 4.74 Å². The van der Waals surface area contributed by atoms with E-state index in [9.17, 15) is 9.18 Å². The van der Waals surface area contributed by atoms with Gasteiger partial charge in [-0.15, -0.1) is 5.10 Å². The van der Waals surface area contributed by atoms with Crippen molar-refractivity contribution in [1.82, 2.24) is 19.5 Å². The van der Waals surface area contributed by atoms with Crippen molar-refractivity contribution in [3.63, 3.8) is 0 Å². The molecule has 7 nitrogen and oxygen atoms in total. The van der Waals surface area contributed by atoms with Crippen LogP contribution in [0.15, 0.2) is 42.6 Å². The van der Waals surface area contributed by atoms with Crippen molar-refractivity contribution < 1.29 is 13.9 Å². The zero-order valence-corrected chi connectivity index (χ0v) is 15.0. The highest BCUT2D eigenvalue weighted by molar-refractivity contribution is 5.93. The minimum atomic E-state index is -0.242. The van der Waals surface area contributed by atoms with Crippen LogP contribution in [-0.2, 0) is 0 Å². The van der Waals surface area contributed by atoms with E-state index in [-0.39, 0.29) is 11.7 Å². The predicted octanol–water partition coefficient (Wildman–Crippen LogP) is 2.23. The van der Waals surface area contributed by atoms with Crippen LogP contribution in [0, 0.1) is 5.82 Å². The van der Waals surface area contributed by atoms with Gasteiger partial charge in [0.25, 0.3) is 5.91 Å². The van der Waals surface area contributed by atoms with Crippen LogP contribution in [0.3, 0.4) is 0 Å². The molecule has 3 heterocycles. The van der Waals surface area contributed by atoms with Gasteiger partial charge < -0.3 is 14.5 Å². The molecule has 8 heteroatoms. The van der Waals surface area contributed by atoms with Crippen molar-refractivity contribution in [2.24, 2.45) is 0 Å². The fraction of sp³-hybridized carbons (Fsp3) is 0.316. The molecule has 2 aromatic heterocycles. The van der Waals surface area contributed by atoms with Gasteiger partial charge in [0.15, 0.2) is 5.65 Å². The molecule has 1 amide bonds. The number of para-hydroxylation sites is 1. The minimum Gasteiger partial charge on any atom is -0.477 e. The van der Waals surface area contributed by atoms with Gasteiger partial charge >= 0.3 is 0 Å². The number of benzene rings is 1. The van der Waals surface area contributed by atoms with Crippen LogP contribution >= 0.6 is 0 Å². The summed E-state index contributed by atoms with van der Waals surface area (Å²) in [5.74, 6) is 0.0975. The lowest BCUT2D eigenvalue weighted by Crippen LogP contribution is -2.49. The number of hydrogen-bond acceptors (Lipinski definition) is 5. The average molecular weight is 369 g/mol. The minimum absolute atomic E-state index is 0.147. The number of rotatable bonds is 4.